The summed E-state index contributed by atoms with van der Waals surface area (Å²) in [6, 6.07) is 0.754. The van der Waals surface area contributed by atoms with E-state index >= 15 is 0 Å². The Kier molecular flexibility index (Phi) is 6.19. The minimum absolute atomic E-state index is 0.0563. The molecule has 1 N–H and O–H groups in total. The molecule has 1 fully saturated rings. The van der Waals surface area contributed by atoms with Crippen LogP contribution in [0.25, 0.3) is 23.2 Å². The Balaban J connectivity index is 1.71. The fourth-order valence-electron chi connectivity index (χ4n) is 3.21. The number of carboxylic acid groups (broad SMARTS) is 1. The second kappa shape index (κ2) is 9.01. The molecule has 3 aromatic rings. The minimum Gasteiger partial charge on any atom is -0.481 e. The average molecular weight is 513 g/mol. The zero-order valence-electron chi connectivity index (χ0n) is 17.7. The number of rotatable bonds is 5. The summed E-state index contributed by atoms with van der Waals surface area (Å²) in [6.07, 6.45) is -4.43. The number of carbonyl (C=O) groups excluding carboxylic acids is 1. The van der Waals surface area contributed by atoms with Gasteiger partial charge in [-0.1, -0.05) is 0 Å². The van der Waals surface area contributed by atoms with E-state index in [1.54, 1.807) is 0 Å². The number of halogens is 6. The molecule has 4 heterocycles. The van der Waals surface area contributed by atoms with Crippen LogP contribution < -0.4 is 0 Å². The van der Waals surface area contributed by atoms with Crippen molar-refractivity contribution in [3.8, 4) is 11.4 Å². The van der Waals surface area contributed by atoms with Crippen LogP contribution in [0.1, 0.15) is 17.0 Å². The molecule has 0 radical (unpaired) electrons. The Morgan fingerprint density at radius 2 is 1.58 bits per heavy atom. The van der Waals surface area contributed by atoms with Gasteiger partial charge in [0.1, 0.15) is 24.0 Å². The van der Waals surface area contributed by atoms with Crippen molar-refractivity contribution in [3.63, 3.8) is 0 Å². The first-order valence-electron chi connectivity index (χ1n) is 9.90. The van der Waals surface area contributed by atoms with Gasteiger partial charge in [-0.2, -0.15) is 26.3 Å². The highest BCUT2D eigenvalue weighted by molar-refractivity contribution is 6.23. The Labute approximate surface area is 196 Å². The zero-order chi connectivity index (χ0) is 26.3. The Morgan fingerprint density at radius 3 is 2.11 bits per heavy atom. The molecular formula is C20H13F6N7O3. The Hall–Kier alpha value is -4.37. The van der Waals surface area contributed by atoms with E-state index in [1.807, 2.05) is 0 Å². The molecule has 0 aromatic carbocycles. The standard InChI is InChI=1S/C20H13F6N7O3/c21-19(22,23)14-1-10(2-15(30-14)20(24,25)26)16-29-9-33(31-16)7-13(11-3-27-8-28-4-11)17(34)32-5-12(6-32)18(35)36/h1-4,7-9,12H,5-6H2,(H,35,36)/b13-7+. The van der Waals surface area contributed by atoms with E-state index in [9.17, 15) is 35.9 Å². The van der Waals surface area contributed by atoms with Crippen molar-refractivity contribution >= 4 is 23.6 Å². The van der Waals surface area contributed by atoms with Gasteiger partial charge < -0.3 is 10.0 Å². The number of amides is 1. The van der Waals surface area contributed by atoms with Crippen LogP contribution in [0.5, 0.6) is 0 Å². The molecule has 10 nitrogen and oxygen atoms in total. The third-order valence-electron chi connectivity index (χ3n) is 5.05. The van der Waals surface area contributed by atoms with Crippen LogP contribution in [-0.2, 0) is 21.9 Å². The quantitative estimate of drug-likeness (QED) is 0.408. The third-order valence-corrected chi connectivity index (χ3v) is 5.05. The van der Waals surface area contributed by atoms with Crippen molar-refractivity contribution in [2.45, 2.75) is 12.4 Å². The lowest BCUT2D eigenvalue weighted by Crippen LogP contribution is -2.53. The van der Waals surface area contributed by atoms with Gasteiger partial charge in [0.2, 0.25) is 0 Å². The lowest BCUT2D eigenvalue weighted by Gasteiger charge is -2.37. The summed E-state index contributed by atoms with van der Waals surface area (Å²) >= 11 is 0. The van der Waals surface area contributed by atoms with Crippen LogP contribution in [-0.4, -0.2) is 64.7 Å². The number of aliphatic carboxylic acids is 1. The Bertz CT molecular complexity index is 1300. The molecule has 0 saturated carbocycles. The maximum Gasteiger partial charge on any atom is 0.433 e. The van der Waals surface area contributed by atoms with Crippen molar-refractivity contribution in [1.29, 1.82) is 0 Å². The van der Waals surface area contributed by atoms with Crippen LogP contribution >= 0.6 is 0 Å². The molecular weight excluding hydrogens is 500 g/mol. The molecule has 1 amide bonds. The summed E-state index contributed by atoms with van der Waals surface area (Å²) in [5, 5.41) is 12.9. The van der Waals surface area contributed by atoms with Gasteiger partial charge in [0.25, 0.3) is 5.91 Å². The van der Waals surface area contributed by atoms with Gasteiger partial charge in [0, 0.05) is 42.8 Å². The molecule has 4 rings (SSSR count). The number of hydrogen-bond acceptors (Lipinski definition) is 7. The van der Waals surface area contributed by atoms with E-state index < -0.39 is 52.9 Å². The number of likely N-dealkylation sites (tertiary alicyclic amines) is 1. The molecule has 0 spiro atoms. The predicted octanol–water partition coefficient (Wildman–Crippen LogP) is 2.71. The molecule has 188 valence electrons. The van der Waals surface area contributed by atoms with Gasteiger partial charge in [-0.15, -0.1) is 5.10 Å². The van der Waals surface area contributed by atoms with Gasteiger partial charge in [0.15, 0.2) is 5.82 Å². The SMILES string of the molecule is O=C(O)C1CN(C(=O)/C(=C/n2cnc(-c3cc(C(F)(F)F)nc(C(F)(F)F)c3)n2)c2cncnc2)C1. The topological polar surface area (TPSA) is 127 Å². The molecule has 1 saturated heterocycles. The second-order valence-corrected chi connectivity index (χ2v) is 7.59. The van der Waals surface area contributed by atoms with Crippen molar-refractivity contribution in [3.05, 3.63) is 54.1 Å². The van der Waals surface area contributed by atoms with E-state index in [2.05, 4.69) is 25.0 Å². The number of carbonyl (C=O) groups is 2. The summed E-state index contributed by atoms with van der Waals surface area (Å²) in [6.45, 7) is -0.113. The second-order valence-electron chi connectivity index (χ2n) is 7.59. The van der Waals surface area contributed by atoms with Gasteiger partial charge >= 0.3 is 18.3 Å². The summed E-state index contributed by atoms with van der Waals surface area (Å²) in [7, 11) is 0. The first kappa shape index (κ1) is 24.7. The molecule has 0 aliphatic carbocycles. The maximum absolute atomic E-state index is 13.1. The lowest BCUT2D eigenvalue weighted by atomic mass is 9.98. The van der Waals surface area contributed by atoms with Crippen LogP contribution in [0.3, 0.4) is 0 Å². The molecule has 0 bridgehead atoms. The number of alkyl halides is 6. The lowest BCUT2D eigenvalue weighted by molar-refractivity contribution is -0.152. The van der Waals surface area contributed by atoms with Gasteiger partial charge in [-0.25, -0.2) is 24.6 Å². The number of nitrogens with zero attached hydrogens (tertiary/aromatic N) is 7. The van der Waals surface area contributed by atoms with Crippen LogP contribution in [0.4, 0.5) is 26.3 Å². The molecule has 1 aliphatic rings. The molecule has 3 aromatic heterocycles. The van der Waals surface area contributed by atoms with Crippen molar-refractivity contribution in [1.82, 2.24) is 34.6 Å². The van der Waals surface area contributed by atoms with E-state index in [0.29, 0.717) is 12.1 Å². The fraction of sp³-hybridized carbons (Fsp3) is 0.250. The monoisotopic (exact) mass is 513 g/mol. The van der Waals surface area contributed by atoms with E-state index in [0.717, 1.165) is 17.2 Å². The van der Waals surface area contributed by atoms with Gasteiger partial charge in [-0.3, -0.25) is 9.59 Å². The van der Waals surface area contributed by atoms with Crippen LogP contribution in [0.15, 0.2) is 37.2 Å². The number of hydrogen-bond donors (Lipinski definition) is 1. The summed E-state index contributed by atoms with van der Waals surface area (Å²) in [4.78, 5) is 39.3. The van der Waals surface area contributed by atoms with E-state index in [1.165, 1.54) is 23.6 Å². The average Bonchev–Trinajstić information content (AvgIpc) is 3.24. The highest BCUT2D eigenvalue weighted by Crippen LogP contribution is 2.35. The molecule has 36 heavy (non-hydrogen) atoms. The number of pyridine rings is 1. The predicted molar refractivity (Wildman–Crippen MR) is 107 cm³/mol. The molecule has 16 heteroatoms. The van der Waals surface area contributed by atoms with E-state index in [4.69, 9.17) is 5.11 Å². The molecule has 0 atom stereocenters. The minimum atomic E-state index is -5.16. The van der Waals surface area contributed by atoms with E-state index in [-0.39, 0.29) is 24.2 Å². The zero-order valence-corrected chi connectivity index (χ0v) is 17.7. The number of carboxylic acids is 1. The van der Waals surface area contributed by atoms with Gasteiger partial charge in [-0.05, 0) is 12.1 Å². The first-order chi connectivity index (χ1) is 16.8. The molecule has 0 unspecified atom stereocenters. The highest BCUT2D eigenvalue weighted by Gasteiger charge is 2.39. The number of aromatic nitrogens is 6. The summed E-state index contributed by atoms with van der Waals surface area (Å²) < 4.78 is 79.7. The maximum atomic E-state index is 13.1. The Morgan fingerprint density at radius 1 is 1.00 bits per heavy atom. The van der Waals surface area contributed by atoms with Crippen LogP contribution in [0, 0.1) is 5.92 Å². The van der Waals surface area contributed by atoms with Crippen molar-refractivity contribution in [2.75, 3.05) is 13.1 Å². The van der Waals surface area contributed by atoms with Gasteiger partial charge in [0.05, 0.1) is 11.5 Å². The fourth-order valence-corrected chi connectivity index (χ4v) is 3.21. The summed E-state index contributed by atoms with van der Waals surface area (Å²) in [5.74, 6) is -2.91. The first-order valence-corrected chi connectivity index (χ1v) is 9.90. The van der Waals surface area contributed by atoms with Crippen molar-refractivity contribution in [2.24, 2.45) is 5.92 Å². The normalized spacial score (nSPS) is 15.1. The van der Waals surface area contributed by atoms with Crippen LogP contribution in [0.2, 0.25) is 0 Å². The third kappa shape index (κ3) is 5.16. The largest absolute Gasteiger partial charge is 0.481 e. The van der Waals surface area contributed by atoms with Crippen molar-refractivity contribution < 1.29 is 41.0 Å². The summed E-state index contributed by atoms with van der Waals surface area (Å²) in [5.41, 5.74) is -4.00. The smallest absolute Gasteiger partial charge is 0.433 e. The highest BCUT2D eigenvalue weighted by atomic mass is 19.4. The molecule has 1 aliphatic heterocycles.